The van der Waals surface area contributed by atoms with Gasteiger partial charge in [-0.2, -0.15) is 11.8 Å². The minimum absolute atomic E-state index is 0.320. The highest BCUT2D eigenvalue weighted by atomic mass is 32.2. The van der Waals surface area contributed by atoms with Crippen LogP contribution in [0.5, 0.6) is 0 Å². The number of esters is 1. The van der Waals surface area contributed by atoms with Gasteiger partial charge in [-0.3, -0.25) is 4.79 Å². The van der Waals surface area contributed by atoms with Gasteiger partial charge in [0.05, 0.1) is 12.0 Å². The average Bonchev–Trinajstić information content (AvgIpc) is 2.03. The predicted molar refractivity (Wildman–Crippen MR) is 50.2 cm³/mol. The number of thioether (sulfide) groups is 1. The SMILES string of the molecule is CSCCOC(=O)[C@@H](C)[C@H](C)O. The van der Waals surface area contributed by atoms with Gasteiger partial charge in [0, 0.05) is 5.75 Å². The van der Waals surface area contributed by atoms with E-state index in [0.717, 1.165) is 5.75 Å². The van der Waals surface area contributed by atoms with Crippen molar-refractivity contribution in [1.29, 1.82) is 0 Å². The Morgan fingerprint density at radius 2 is 2.17 bits per heavy atom. The van der Waals surface area contributed by atoms with Gasteiger partial charge in [-0.05, 0) is 20.1 Å². The van der Waals surface area contributed by atoms with Crippen molar-refractivity contribution in [1.82, 2.24) is 0 Å². The lowest BCUT2D eigenvalue weighted by atomic mass is 10.1. The van der Waals surface area contributed by atoms with Crippen molar-refractivity contribution in [2.45, 2.75) is 20.0 Å². The number of hydrogen-bond donors (Lipinski definition) is 1. The average molecular weight is 192 g/mol. The first-order valence-corrected chi connectivity index (χ1v) is 5.32. The second-order valence-corrected chi connectivity index (χ2v) is 3.68. The number of carbonyl (C=O) groups excluding carboxylic acids is 1. The largest absolute Gasteiger partial charge is 0.465 e. The van der Waals surface area contributed by atoms with Crippen LogP contribution in [0.15, 0.2) is 0 Å². The van der Waals surface area contributed by atoms with Crippen LogP contribution in [-0.2, 0) is 9.53 Å². The molecule has 4 heteroatoms. The molecule has 0 saturated heterocycles. The maximum Gasteiger partial charge on any atom is 0.311 e. The van der Waals surface area contributed by atoms with Crippen LogP contribution < -0.4 is 0 Å². The van der Waals surface area contributed by atoms with Crippen molar-refractivity contribution in [2.24, 2.45) is 5.92 Å². The molecule has 72 valence electrons. The van der Waals surface area contributed by atoms with E-state index in [4.69, 9.17) is 9.84 Å². The van der Waals surface area contributed by atoms with Gasteiger partial charge >= 0.3 is 5.97 Å². The summed E-state index contributed by atoms with van der Waals surface area (Å²) < 4.78 is 4.89. The van der Waals surface area contributed by atoms with Gasteiger partial charge < -0.3 is 9.84 Å². The molecular formula is C8H16O3S. The van der Waals surface area contributed by atoms with E-state index in [1.54, 1.807) is 25.6 Å². The van der Waals surface area contributed by atoms with Crippen molar-refractivity contribution in [3.8, 4) is 0 Å². The van der Waals surface area contributed by atoms with Crippen LogP contribution in [-0.4, -0.2) is 35.8 Å². The van der Waals surface area contributed by atoms with Gasteiger partial charge in [0.15, 0.2) is 0 Å². The summed E-state index contributed by atoms with van der Waals surface area (Å²) >= 11 is 1.62. The minimum atomic E-state index is -0.633. The smallest absolute Gasteiger partial charge is 0.311 e. The Labute approximate surface area is 77.5 Å². The Kier molecular flexibility index (Phi) is 6.20. The van der Waals surface area contributed by atoms with Crippen molar-refractivity contribution in [3.63, 3.8) is 0 Å². The van der Waals surface area contributed by atoms with Gasteiger partial charge in [-0.1, -0.05) is 0 Å². The molecule has 0 rings (SSSR count). The first-order chi connectivity index (χ1) is 5.59. The normalized spacial score (nSPS) is 15.3. The highest BCUT2D eigenvalue weighted by molar-refractivity contribution is 7.98. The molecule has 2 atom stereocenters. The topological polar surface area (TPSA) is 46.5 Å². The fourth-order valence-electron chi connectivity index (χ4n) is 0.554. The van der Waals surface area contributed by atoms with Crippen LogP contribution in [0.2, 0.25) is 0 Å². The predicted octanol–water partition coefficient (Wildman–Crippen LogP) is 0.909. The summed E-state index contributed by atoms with van der Waals surface area (Å²) in [5.41, 5.74) is 0. The highest BCUT2D eigenvalue weighted by Crippen LogP contribution is 2.04. The van der Waals surface area contributed by atoms with Crippen LogP contribution in [0.1, 0.15) is 13.8 Å². The fraction of sp³-hybridized carbons (Fsp3) is 0.875. The third kappa shape index (κ3) is 4.62. The van der Waals surface area contributed by atoms with E-state index in [9.17, 15) is 4.79 Å². The second-order valence-electron chi connectivity index (χ2n) is 2.69. The van der Waals surface area contributed by atoms with E-state index in [2.05, 4.69) is 0 Å². The molecule has 0 aromatic carbocycles. The van der Waals surface area contributed by atoms with E-state index in [0.29, 0.717) is 6.61 Å². The summed E-state index contributed by atoms with van der Waals surface area (Å²) in [5.74, 6) is 0.0593. The molecule has 0 bridgehead atoms. The summed E-state index contributed by atoms with van der Waals surface area (Å²) in [7, 11) is 0. The molecule has 1 N–H and O–H groups in total. The highest BCUT2D eigenvalue weighted by Gasteiger charge is 2.18. The third-order valence-electron chi connectivity index (χ3n) is 1.63. The first-order valence-electron chi connectivity index (χ1n) is 3.93. The van der Waals surface area contributed by atoms with E-state index in [-0.39, 0.29) is 5.97 Å². The Balaban J connectivity index is 3.57. The molecule has 0 fully saturated rings. The number of carbonyl (C=O) groups is 1. The monoisotopic (exact) mass is 192 g/mol. The minimum Gasteiger partial charge on any atom is -0.465 e. The fourth-order valence-corrected chi connectivity index (χ4v) is 0.804. The molecule has 0 saturated carbocycles. The zero-order valence-corrected chi connectivity index (χ0v) is 8.56. The second kappa shape index (κ2) is 6.31. The van der Waals surface area contributed by atoms with Crippen LogP contribution in [0.4, 0.5) is 0 Å². The van der Waals surface area contributed by atoms with E-state index >= 15 is 0 Å². The Morgan fingerprint density at radius 3 is 2.58 bits per heavy atom. The van der Waals surface area contributed by atoms with Crippen molar-refractivity contribution < 1.29 is 14.6 Å². The number of aliphatic hydroxyl groups is 1. The molecule has 0 aliphatic rings. The van der Waals surface area contributed by atoms with Gasteiger partial charge in [-0.15, -0.1) is 0 Å². The van der Waals surface area contributed by atoms with Crippen molar-refractivity contribution in [3.05, 3.63) is 0 Å². The van der Waals surface area contributed by atoms with Gasteiger partial charge in [0.2, 0.25) is 0 Å². The van der Waals surface area contributed by atoms with Crippen LogP contribution >= 0.6 is 11.8 Å². The summed E-state index contributed by atoms with van der Waals surface area (Å²) in [6.45, 7) is 3.67. The molecule has 0 aliphatic carbocycles. The molecule has 0 aromatic heterocycles. The zero-order valence-electron chi connectivity index (χ0n) is 7.74. The Hall–Kier alpha value is -0.220. The lowest BCUT2D eigenvalue weighted by Crippen LogP contribution is -2.25. The molecule has 3 nitrogen and oxygen atoms in total. The number of aliphatic hydroxyl groups excluding tert-OH is 1. The van der Waals surface area contributed by atoms with Crippen LogP contribution in [0.3, 0.4) is 0 Å². The molecule has 0 radical (unpaired) electrons. The van der Waals surface area contributed by atoms with E-state index in [1.807, 2.05) is 6.26 Å². The molecule has 0 aliphatic heterocycles. The molecule has 0 spiro atoms. The number of ether oxygens (including phenoxy) is 1. The molecular weight excluding hydrogens is 176 g/mol. The van der Waals surface area contributed by atoms with E-state index in [1.165, 1.54) is 0 Å². The summed E-state index contributed by atoms with van der Waals surface area (Å²) in [5, 5.41) is 9.04. The Morgan fingerprint density at radius 1 is 1.58 bits per heavy atom. The molecule has 12 heavy (non-hydrogen) atoms. The molecule has 0 heterocycles. The van der Waals surface area contributed by atoms with Crippen molar-refractivity contribution >= 4 is 17.7 Å². The van der Waals surface area contributed by atoms with Crippen molar-refractivity contribution in [2.75, 3.05) is 18.6 Å². The quantitative estimate of drug-likeness (QED) is 0.519. The van der Waals surface area contributed by atoms with E-state index < -0.39 is 12.0 Å². The van der Waals surface area contributed by atoms with Crippen LogP contribution in [0, 0.1) is 5.92 Å². The third-order valence-corrected chi connectivity index (χ3v) is 2.20. The number of hydrogen-bond acceptors (Lipinski definition) is 4. The lowest BCUT2D eigenvalue weighted by Gasteiger charge is -2.12. The van der Waals surface area contributed by atoms with Crippen LogP contribution in [0.25, 0.3) is 0 Å². The number of rotatable bonds is 5. The standard InChI is InChI=1S/C8H16O3S/c1-6(7(2)9)8(10)11-4-5-12-3/h6-7,9H,4-5H2,1-3H3/t6-,7-/m0/s1. The Bertz CT molecular complexity index is 136. The first kappa shape index (κ1) is 11.8. The molecule has 0 amide bonds. The summed E-state index contributed by atoms with van der Waals surface area (Å²) in [6.07, 6.45) is 1.32. The summed E-state index contributed by atoms with van der Waals surface area (Å²) in [6, 6.07) is 0. The van der Waals surface area contributed by atoms with Gasteiger partial charge in [0.25, 0.3) is 0 Å². The van der Waals surface area contributed by atoms with Gasteiger partial charge in [-0.25, -0.2) is 0 Å². The maximum absolute atomic E-state index is 11.1. The van der Waals surface area contributed by atoms with Gasteiger partial charge in [0.1, 0.15) is 6.61 Å². The maximum atomic E-state index is 11.1. The molecule has 0 aromatic rings. The summed E-state index contributed by atoms with van der Waals surface area (Å²) in [4.78, 5) is 11.1. The lowest BCUT2D eigenvalue weighted by molar-refractivity contribution is -0.150. The molecule has 0 unspecified atom stereocenters. The zero-order chi connectivity index (χ0) is 9.56.